The number of carbonyl (C=O) groups is 1. The first-order chi connectivity index (χ1) is 14.5. The van der Waals surface area contributed by atoms with Gasteiger partial charge in [0.15, 0.2) is 0 Å². The fourth-order valence-corrected chi connectivity index (χ4v) is 3.37. The molecule has 6 nitrogen and oxygen atoms in total. The second-order valence-corrected chi connectivity index (χ2v) is 7.23. The molecule has 0 saturated heterocycles. The van der Waals surface area contributed by atoms with Crippen LogP contribution in [0, 0.1) is 0 Å². The Morgan fingerprint density at radius 1 is 1.03 bits per heavy atom. The van der Waals surface area contributed by atoms with Crippen molar-refractivity contribution in [1.29, 1.82) is 0 Å². The van der Waals surface area contributed by atoms with E-state index in [1.807, 2.05) is 54.7 Å². The van der Waals surface area contributed by atoms with Crippen molar-refractivity contribution < 1.29 is 15.0 Å². The van der Waals surface area contributed by atoms with E-state index in [0.717, 1.165) is 28.1 Å². The van der Waals surface area contributed by atoms with E-state index >= 15 is 0 Å². The highest BCUT2D eigenvalue weighted by atomic mass is 35.5. The summed E-state index contributed by atoms with van der Waals surface area (Å²) in [6.45, 7) is 0.667. The summed E-state index contributed by atoms with van der Waals surface area (Å²) in [6, 6.07) is 19.3. The maximum Gasteiger partial charge on any atom is 0.271 e. The molecular formula is C23H18ClN3O3. The van der Waals surface area contributed by atoms with Crippen molar-refractivity contribution in [2.24, 2.45) is 5.10 Å². The molecule has 150 valence electrons. The molecule has 0 aliphatic heterocycles. The second-order valence-electron chi connectivity index (χ2n) is 6.79. The van der Waals surface area contributed by atoms with Crippen LogP contribution in [-0.2, 0) is 6.54 Å². The van der Waals surface area contributed by atoms with Crippen LogP contribution in [0.5, 0.6) is 11.5 Å². The Balaban J connectivity index is 1.56. The average Bonchev–Trinajstić information content (AvgIpc) is 3.06. The predicted molar refractivity (Wildman–Crippen MR) is 117 cm³/mol. The largest absolute Gasteiger partial charge is 0.508 e. The van der Waals surface area contributed by atoms with Gasteiger partial charge >= 0.3 is 0 Å². The van der Waals surface area contributed by atoms with E-state index in [0.29, 0.717) is 11.6 Å². The van der Waals surface area contributed by atoms with Crippen LogP contribution in [0.3, 0.4) is 0 Å². The number of phenols is 2. The third-order valence-electron chi connectivity index (χ3n) is 4.62. The molecule has 30 heavy (non-hydrogen) atoms. The number of aromatic hydroxyl groups is 2. The first kappa shape index (κ1) is 19.5. The van der Waals surface area contributed by atoms with Gasteiger partial charge in [-0.05, 0) is 35.9 Å². The molecule has 0 radical (unpaired) electrons. The molecule has 0 fully saturated rings. The van der Waals surface area contributed by atoms with Crippen molar-refractivity contribution in [2.45, 2.75) is 6.54 Å². The second kappa shape index (κ2) is 8.31. The monoisotopic (exact) mass is 419 g/mol. The van der Waals surface area contributed by atoms with Gasteiger partial charge in [-0.3, -0.25) is 4.79 Å². The van der Waals surface area contributed by atoms with E-state index in [-0.39, 0.29) is 17.1 Å². The number of rotatable bonds is 5. The number of para-hydroxylation sites is 1. The lowest BCUT2D eigenvalue weighted by atomic mass is 10.2. The number of nitrogens with one attached hydrogen (secondary N) is 1. The topological polar surface area (TPSA) is 86.9 Å². The summed E-state index contributed by atoms with van der Waals surface area (Å²) in [5.74, 6) is -0.939. The molecule has 1 aromatic heterocycles. The molecule has 3 N–H and O–H groups in total. The quantitative estimate of drug-likeness (QED) is 0.328. The van der Waals surface area contributed by atoms with Gasteiger partial charge in [0.25, 0.3) is 5.91 Å². The predicted octanol–water partition coefficient (Wildman–Crippen LogP) is 4.52. The standard InChI is InChI=1S/C23H18ClN3O3/c24-18-7-5-15(6-8-18)13-27-14-17(21-3-1-2-4-22(21)27)12-25-26-23(30)16-9-19(28)11-20(29)10-16/h1-12,14,28-29H,13H2,(H,26,30)/b25-12-. The molecule has 1 heterocycles. The maximum absolute atomic E-state index is 12.2. The molecule has 0 aliphatic carbocycles. The van der Waals surface area contributed by atoms with Gasteiger partial charge in [0.05, 0.1) is 6.21 Å². The van der Waals surface area contributed by atoms with Gasteiger partial charge in [-0.2, -0.15) is 5.10 Å². The number of nitrogens with zero attached hydrogens (tertiary/aromatic N) is 2. The van der Waals surface area contributed by atoms with E-state index in [4.69, 9.17) is 11.6 Å². The molecule has 0 bridgehead atoms. The van der Waals surface area contributed by atoms with Crippen LogP contribution in [0.2, 0.25) is 5.02 Å². The lowest BCUT2D eigenvalue weighted by Crippen LogP contribution is -2.17. The molecule has 4 rings (SSSR count). The zero-order chi connectivity index (χ0) is 21.1. The van der Waals surface area contributed by atoms with Gasteiger partial charge in [-0.1, -0.05) is 41.9 Å². The maximum atomic E-state index is 12.2. The Bertz CT molecular complexity index is 1230. The van der Waals surface area contributed by atoms with Crippen molar-refractivity contribution in [2.75, 3.05) is 0 Å². The summed E-state index contributed by atoms with van der Waals surface area (Å²) in [5, 5.41) is 24.8. The number of amides is 1. The molecule has 3 aromatic carbocycles. The zero-order valence-electron chi connectivity index (χ0n) is 15.8. The Morgan fingerprint density at radius 3 is 2.47 bits per heavy atom. The normalized spacial score (nSPS) is 11.2. The molecule has 7 heteroatoms. The van der Waals surface area contributed by atoms with E-state index in [1.165, 1.54) is 12.1 Å². The van der Waals surface area contributed by atoms with E-state index in [1.54, 1.807) is 6.21 Å². The number of carbonyl (C=O) groups excluding carboxylic acids is 1. The van der Waals surface area contributed by atoms with Gasteiger partial charge in [-0.15, -0.1) is 0 Å². The highest BCUT2D eigenvalue weighted by molar-refractivity contribution is 6.30. The summed E-state index contributed by atoms with van der Waals surface area (Å²) in [6.07, 6.45) is 3.54. The van der Waals surface area contributed by atoms with E-state index in [2.05, 4.69) is 15.1 Å². The fourth-order valence-electron chi connectivity index (χ4n) is 3.25. The molecule has 0 saturated carbocycles. The number of hydrogen-bond donors (Lipinski definition) is 3. The summed E-state index contributed by atoms with van der Waals surface area (Å²) >= 11 is 5.97. The van der Waals surface area contributed by atoms with Crippen LogP contribution in [0.15, 0.2) is 78.0 Å². The summed E-state index contributed by atoms with van der Waals surface area (Å²) in [5.41, 5.74) is 5.52. The Labute approximate surface area is 177 Å². The number of phenolic OH excluding ortho intramolecular Hbond substituents is 2. The first-order valence-corrected chi connectivity index (χ1v) is 9.56. The van der Waals surface area contributed by atoms with Crippen molar-refractivity contribution in [3.05, 3.63) is 94.6 Å². The molecule has 4 aromatic rings. The van der Waals surface area contributed by atoms with Gasteiger partial charge in [0.2, 0.25) is 0 Å². The van der Waals surface area contributed by atoms with Crippen molar-refractivity contribution >= 4 is 34.6 Å². The number of benzene rings is 3. The van der Waals surface area contributed by atoms with Crippen molar-refractivity contribution in [1.82, 2.24) is 9.99 Å². The number of halogens is 1. The lowest BCUT2D eigenvalue weighted by molar-refractivity contribution is 0.0954. The summed E-state index contributed by atoms with van der Waals surface area (Å²) in [4.78, 5) is 12.2. The number of aromatic nitrogens is 1. The third kappa shape index (κ3) is 4.29. The Hall–Kier alpha value is -3.77. The van der Waals surface area contributed by atoms with Crippen LogP contribution in [0.1, 0.15) is 21.5 Å². The number of fused-ring (bicyclic) bond motifs is 1. The van der Waals surface area contributed by atoms with Crippen LogP contribution in [0.4, 0.5) is 0 Å². The smallest absolute Gasteiger partial charge is 0.271 e. The Kier molecular flexibility index (Phi) is 5.41. The molecule has 0 aliphatic rings. The van der Waals surface area contributed by atoms with Gasteiger partial charge in [-0.25, -0.2) is 5.43 Å². The van der Waals surface area contributed by atoms with E-state index in [9.17, 15) is 15.0 Å². The molecule has 0 atom stereocenters. The summed E-state index contributed by atoms with van der Waals surface area (Å²) in [7, 11) is 0. The first-order valence-electron chi connectivity index (χ1n) is 9.18. The van der Waals surface area contributed by atoms with Crippen LogP contribution in [0.25, 0.3) is 10.9 Å². The van der Waals surface area contributed by atoms with Crippen LogP contribution >= 0.6 is 11.6 Å². The van der Waals surface area contributed by atoms with Crippen LogP contribution in [-0.4, -0.2) is 26.9 Å². The zero-order valence-corrected chi connectivity index (χ0v) is 16.5. The van der Waals surface area contributed by atoms with Gasteiger partial charge in [0.1, 0.15) is 11.5 Å². The Morgan fingerprint density at radius 2 is 1.73 bits per heavy atom. The highest BCUT2D eigenvalue weighted by Gasteiger charge is 2.09. The van der Waals surface area contributed by atoms with Crippen molar-refractivity contribution in [3.8, 4) is 11.5 Å². The number of hydrazone groups is 1. The summed E-state index contributed by atoms with van der Waals surface area (Å²) < 4.78 is 2.11. The SMILES string of the molecule is O=C(N/N=C\c1cn(Cc2ccc(Cl)cc2)c2ccccc12)c1cc(O)cc(O)c1. The van der Waals surface area contributed by atoms with Crippen molar-refractivity contribution in [3.63, 3.8) is 0 Å². The van der Waals surface area contributed by atoms with E-state index < -0.39 is 5.91 Å². The minimum Gasteiger partial charge on any atom is -0.508 e. The minimum atomic E-state index is -0.539. The molecule has 0 unspecified atom stereocenters. The fraction of sp³-hybridized carbons (Fsp3) is 0.0435. The minimum absolute atomic E-state index is 0.106. The van der Waals surface area contributed by atoms with Crippen LogP contribution < -0.4 is 5.43 Å². The molecule has 1 amide bonds. The molecular weight excluding hydrogens is 402 g/mol. The lowest BCUT2D eigenvalue weighted by Gasteiger charge is -2.05. The third-order valence-corrected chi connectivity index (χ3v) is 4.87. The van der Waals surface area contributed by atoms with Gasteiger partial charge < -0.3 is 14.8 Å². The average molecular weight is 420 g/mol. The van der Waals surface area contributed by atoms with Gasteiger partial charge in [0, 0.05) is 45.9 Å². The molecule has 0 spiro atoms. The number of hydrogen-bond acceptors (Lipinski definition) is 4. The highest BCUT2D eigenvalue weighted by Crippen LogP contribution is 2.22.